The number of hydrogen-bond donors (Lipinski definition) is 1. The maximum absolute atomic E-state index is 13.8. The molecule has 1 aliphatic rings. The summed E-state index contributed by atoms with van der Waals surface area (Å²) in [5.74, 6) is 0.700. The van der Waals surface area contributed by atoms with Gasteiger partial charge in [0.05, 0.1) is 4.47 Å². The standard InChI is InChI=1S/C11H12BrFO3/c12-8-6-9-11(16-5-4-15-9)7(10(8)13)2-1-3-14/h6,14H,1-5H2. The normalized spacial score (nSPS) is 13.9. The third-order valence-electron chi connectivity index (χ3n) is 2.40. The third-order valence-corrected chi connectivity index (χ3v) is 2.98. The quantitative estimate of drug-likeness (QED) is 0.928. The van der Waals surface area contributed by atoms with Crippen molar-refractivity contribution in [3.05, 3.63) is 21.9 Å². The van der Waals surface area contributed by atoms with E-state index < -0.39 is 0 Å². The van der Waals surface area contributed by atoms with Crippen molar-refractivity contribution in [3.63, 3.8) is 0 Å². The lowest BCUT2D eigenvalue weighted by molar-refractivity contribution is 0.168. The Labute approximate surface area is 101 Å². The van der Waals surface area contributed by atoms with Crippen LogP contribution in [0.1, 0.15) is 12.0 Å². The summed E-state index contributed by atoms with van der Waals surface area (Å²) < 4.78 is 25.0. The minimum atomic E-state index is -0.335. The largest absolute Gasteiger partial charge is 0.486 e. The summed E-state index contributed by atoms with van der Waals surface area (Å²) in [5.41, 5.74) is 0.470. The topological polar surface area (TPSA) is 38.7 Å². The first kappa shape index (κ1) is 11.7. The van der Waals surface area contributed by atoms with Crippen molar-refractivity contribution in [2.45, 2.75) is 12.8 Å². The Balaban J connectivity index is 2.41. The van der Waals surface area contributed by atoms with E-state index in [2.05, 4.69) is 15.9 Å². The van der Waals surface area contributed by atoms with E-state index >= 15 is 0 Å². The van der Waals surface area contributed by atoms with Crippen LogP contribution in [-0.4, -0.2) is 24.9 Å². The van der Waals surface area contributed by atoms with E-state index in [4.69, 9.17) is 14.6 Å². The number of ether oxygens (including phenoxy) is 2. The van der Waals surface area contributed by atoms with Crippen molar-refractivity contribution in [2.75, 3.05) is 19.8 Å². The predicted octanol–water partition coefficient (Wildman–Crippen LogP) is 2.28. The first-order valence-corrected chi connectivity index (χ1v) is 5.90. The Morgan fingerprint density at radius 3 is 2.88 bits per heavy atom. The van der Waals surface area contributed by atoms with E-state index in [1.54, 1.807) is 6.07 Å². The molecule has 2 rings (SSSR count). The van der Waals surface area contributed by atoms with Crippen LogP contribution in [0.3, 0.4) is 0 Å². The van der Waals surface area contributed by atoms with Crippen LogP contribution in [0.2, 0.25) is 0 Å². The van der Waals surface area contributed by atoms with Gasteiger partial charge in [-0.3, -0.25) is 0 Å². The van der Waals surface area contributed by atoms with E-state index in [-0.39, 0.29) is 12.4 Å². The van der Waals surface area contributed by atoms with Crippen molar-refractivity contribution in [1.82, 2.24) is 0 Å². The third kappa shape index (κ3) is 2.15. The minimum Gasteiger partial charge on any atom is -0.486 e. The monoisotopic (exact) mass is 290 g/mol. The Bertz CT molecular complexity index is 395. The van der Waals surface area contributed by atoms with Gasteiger partial charge in [-0.15, -0.1) is 0 Å². The summed E-state index contributed by atoms with van der Waals surface area (Å²) in [6.45, 7) is 0.937. The van der Waals surface area contributed by atoms with Gasteiger partial charge < -0.3 is 14.6 Å². The second-order valence-corrected chi connectivity index (χ2v) is 4.36. The molecule has 3 nitrogen and oxygen atoms in total. The van der Waals surface area contributed by atoms with Crippen LogP contribution < -0.4 is 9.47 Å². The molecule has 1 heterocycles. The first-order chi connectivity index (χ1) is 7.74. The molecule has 0 saturated heterocycles. The molecule has 88 valence electrons. The number of benzene rings is 1. The lowest BCUT2D eigenvalue weighted by Crippen LogP contribution is -2.17. The predicted molar refractivity (Wildman–Crippen MR) is 60.5 cm³/mol. The fourth-order valence-electron chi connectivity index (χ4n) is 1.68. The van der Waals surface area contributed by atoms with Gasteiger partial charge in [-0.05, 0) is 28.8 Å². The van der Waals surface area contributed by atoms with Crippen molar-refractivity contribution >= 4 is 15.9 Å². The first-order valence-electron chi connectivity index (χ1n) is 5.11. The molecule has 0 unspecified atom stereocenters. The number of aliphatic hydroxyl groups is 1. The Hall–Kier alpha value is -0.810. The highest BCUT2D eigenvalue weighted by molar-refractivity contribution is 9.10. The summed E-state index contributed by atoms with van der Waals surface area (Å²) in [6, 6.07) is 1.58. The second kappa shape index (κ2) is 5.01. The van der Waals surface area contributed by atoms with Gasteiger partial charge in [0.15, 0.2) is 11.5 Å². The molecule has 1 aromatic carbocycles. The lowest BCUT2D eigenvalue weighted by Gasteiger charge is -2.22. The molecule has 0 aliphatic carbocycles. The van der Waals surface area contributed by atoms with Gasteiger partial charge in [-0.25, -0.2) is 4.39 Å². The molecule has 0 aromatic heterocycles. The zero-order chi connectivity index (χ0) is 11.5. The molecule has 0 fully saturated rings. The second-order valence-electron chi connectivity index (χ2n) is 3.50. The highest BCUT2D eigenvalue weighted by Crippen LogP contribution is 2.39. The van der Waals surface area contributed by atoms with E-state index in [1.165, 1.54) is 0 Å². The summed E-state index contributed by atoms with van der Waals surface area (Å²) >= 11 is 3.14. The molecule has 1 aliphatic heterocycles. The van der Waals surface area contributed by atoms with E-state index in [1.807, 2.05) is 0 Å². The number of fused-ring (bicyclic) bond motifs is 1. The number of hydrogen-bond acceptors (Lipinski definition) is 3. The molecule has 16 heavy (non-hydrogen) atoms. The highest BCUT2D eigenvalue weighted by atomic mass is 79.9. The smallest absolute Gasteiger partial charge is 0.167 e. The summed E-state index contributed by atoms with van der Waals surface area (Å²) in [7, 11) is 0. The van der Waals surface area contributed by atoms with Gasteiger partial charge in [0.25, 0.3) is 0 Å². The van der Waals surface area contributed by atoms with E-state index in [0.29, 0.717) is 47.6 Å². The molecule has 0 atom stereocenters. The zero-order valence-corrected chi connectivity index (χ0v) is 10.2. The molecule has 1 N–H and O–H groups in total. The fourth-order valence-corrected chi connectivity index (χ4v) is 2.12. The number of aliphatic hydroxyl groups excluding tert-OH is 1. The molecule has 0 bridgehead atoms. The van der Waals surface area contributed by atoms with E-state index in [9.17, 15) is 4.39 Å². The van der Waals surface area contributed by atoms with Gasteiger partial charge in [0, 0.05) is 18.2 Å². The van der Waals surface area contributed by atoms with Gasteiger partial charge in [0.1, 0.15) is 19.0 Å². The molecule has 1 aromatic rings. The maximum Gasteiger partial charge on any atom is 0.167 e. The molecule has 5 heteroatoms. The van der Waals surface area contributed by atoms with Gasteiger partial charge in [-0.1, -0.05) is 0 Å². The Kier molecular flexibility index (Phi) is 3.66. The van der Waals surface area contributed by atoms with Crippen molar-refractivity contribution in [3.8, 4) is 11.5 Å². The van der Waals surface area contributed by atoms with Crippen molar-refractivity contribution < 1.29 is 19.0 Å². The van der Waals surface area contributed by atoms with Gasteiger partial charge in [0.2, 0.25) is 0 Å². The number of rotatable bonds is 3. The van der Waals surface area contributed by atoms with Gasteiger partial charge in [-0.2, -0.15) is 0 Å². The molecule has 0 spiro atoms. The van der Waals surface area contributed by atoms with Crippen LogP contribution in [0, 0.1) is 5.82 Å². The molecular formula is C11H12BrFO3. The Morgan fingerprint density at radius 2 is 2.12 bits per heavy atom. The number of halogens is 2. The summed E-state index contributed by atoms with van der Waals surface area (Å²) in [5, 5.41) is 8.79. The zero-order valence-electron chi connectivity index (χ0n) is 8.63. The van der Waals surface area contributed by atoms with Crippen LogP contribution in [0.5, 0.6) is 11.5 Å². The minimum absolute atomic E-state index is 0.0293. The van der Waals surface area contributed by atoms with Crippen molar-refractivity contribution in [2.24, 2.45) is 0 Å². The summed E-state index contributed by atoms with van der Waals surface area (Å²) in [6.07, 6.45) is 0.941. The molecule has 0 amide bonds. The average molecular weight is 291 g/mol. The van der Waals surface area contributed by atoms with Crippen LogP contribution in [0.15, 0.2) is 10.5 Å². The SMILES string of the molecule is OCCCc1c(F)c(Br)cc2c1OCCO2. The van der Waals surface area contributed by atoms with Crippen molar-refractivity contribution in [1.29, 1.82) is 0 Å². The highest BCUT2D eigenvalue weighted by Gasteiger charge is 2.21. The van der Waals surface area contributed by atoms with Crippen LogP contribution in [-0.2, 0) is 6.42 Å². The van der Waals surface area contributed by atoms with Gasteiger partial charge >= 0.3 is 0 Å². The lowest BCUT2D eigenvalue weighted by atomic mass is 10.1. The summed E-state index contributed by atoms with van der Waals surface area (Å²) in [4.78, 5) is 0. The maximum atomic E-state index is 13.8. The Morgan fingerprint density at radius 1 is 1.38 bits per heavy atom. The molecule has 0 saturated carbocycles. The van der Waals surface area contributed by atoms with Crippen LogP contribution in [0.4, 0.5) is 4.39 Å². The fraction of sp³-hybridized carbons (Fsp3) is 0.455. The van der Waals surface area contributed by atoms with Crippen LogP contribution in [0.25, 0.3) is 0 Å². The van der Waals surface area contributed by atoms with E-state index in [0.717, 1.165) is 0 Å². The average Bonchev–Trinajstić information content (AvgIpc) is 2.30. The molecule has 0 radical (unpaired) electrons. The van der Waals surface area contributed by atoms with Crippen LogP contribution >= 0.6 is 15.9 Å². The molecular weight excluding hydrogens is 279 g/mol.